The van der Waals surface area contributed by atoms with E-state index in [-0.39, 0.29) is 28.4 Å². The number of carbonyl (C=O) groups excluding carboxylic acids is 2. The number of hydrogen-bond acceptors (Lipinski definition) is 5. The first kappa shape index (κ1) is 18.9. The first-order valence-electron chi connectivity index (χ1n) is 9.46. The number of benzene rings is 2. The molecule has 6 nitrogen and oxygen atoms in total. The molecule has 1 aliphatic heterocycles. The molecule has 4 rings (SSSR count). The van der Waals surface area contributed by atoms with Gasteiger partial charge < -0.3 is 20.1 Å². The Balaban J connectivity index is 1.65. The highest BCUT2D eigenvalue weighted by molar-refractivity contribution is 6.60. The average molecular weight is 379 g/mol. The Labute approximate surface area is 163 Å². The Morgan fingerprint density at radius 2 is 1.93 bits per heavy atom. The van der Waals surface area contributed by atoms with Crippen molar-refractivity contribution in [3.63, 3.8) is 0 Å². The van der Waals surface area contributed by atoms with Gasteiger partial charge in [-0.1, -0.05) is 30.3 Å². The molecule has 0 radical (unpaired) electrons. The number of aldehydes is 1. The monoisotopic (exact) mass is 379 g/mol. The lowest BCUT2D eigenvalue weighted by Crippen LogP contribution is -2.42. The summed E-state index contributed by atoms with van der Waals surface area (Å²) in [4.78, 5) is 24.3. The quantitative estimate of drug-likeness (QED) is 0.544. The minimum atomic E-state index is -1.76. The van der Waals surface area contributed by atoms with Crippen LogP contribution in [-0.2, 0) is 11.2 Å². The molecule has 2 aliphatic rings. The van der Waals surface area contributed by atoms with Crippen molar-refractivity contribution in [2.75, 3.05) is 13.2 Å². The maximum atomic E-state index is 13.0. The lowest BCUT2D eigenvalue weighted by molar-refractivity contribution is 0.000550. The Morgan fingerprint density at radius 3 is 2.64 bits per heavy atom. The molecule has 1 unspecified atom stereocenters. The molecular formula is C21H22BNO5. The minimum Gasteiger partial charge on any atom is -0.423 e. The lowest BCUT2D eigenvalue weighted by Gasteiger charge is -2.39. The second-order valence-electron chi connectivity index (χ2n) is 7.59. The molecule has 2 aromatic rings. The van der Waals surface area contributed by atoms with E-state index >= 15 is 0 Å². The van der Waals surface area contributed by atoms with E-state index < -0.39 is 7.12 Å². The molecule has 1 saturated heterocycles. The van der Waals surface area contributed by atoms with E-state index in [1.165, 1.54) is 23.8 Å². The van der Waals surface area contributed by atoms with Crippen LogP contribution in [0.4, 0.5) is 0 Å². The number of fused-ring (bicyclic) bond motifs is 1. The van der Waals surface area contributed by atoms with Gasteiger partial charge in [0.15, 0.2) is 0 Å². The zero-order valence-electron chi connectivity index (χ0n) is 15.4. The van der Waals surface area contributed by atoms with Crippen molar-refractivity contribution in [3.05, 3.63) is 64.7 Å². The van der Waals surface area contributed by atoms with Crippen LogP contribution in [0.2, 0.25) is 0 Å². The van der Waals surface area contributed by atoms with Crippen molar-refractivity contribution in [1.29, 1.82) is 0 Å². The molecule has 1 aliphatic carbocycles. The zero-order valence-corrected chi connectivity index (χ0v) is 15.4. The number of nitrogens with one attached hydrogen (secondary N) is 1. The largest absolute Gasteiger partial charge is 0.489 e. The highest BCUT2D eigenvalue weighted by Gasteiger charge is 2.47. The lowest BCUT2D eigenvalue weighted by atomic mass is 9.74. The molecular weight excluding hydrogens is 357 g/mol. The summed E-state index contributed by atoms with van der Waals surface area (Å²) < 4.78 is 5.56. The topological polar surface area (TPSA) is 95.9 Å². The van der Waals surface area contributed by atoms with E-state index in [1.54, 1.807) is 0 Å². The van der Waals surface area contributed by atoms with Gasteiger partial charge in [0.05, 0.1) is 6.04 Å². The highest BCUT2D eigenvalue weighted by atomic mass is 16.5. The van der Waals surface area contributed by atoms with Gasteiger partial charge in [-0.05, 0) is 48.0 Å². The Morgan fingerprint density at radius 1 is 1.18 bits per heavy atom. The molecule has 0 bridgehead atoms. The fraction of sp³-hybridized carbons (Fsp3) is 0.333. The van der Waals surface area contributed by atoms with Crippen LogP contribution < -0.4 is 10.8 Å². The Hall–Kier alpha value is -2.48. The third-order valence-electron chi connectivity index (χ3n) is 6.04. The van der Waals surface area contributed by atoms with Gasteiger partial charge in [-0.25, -0.2) is 0 Å². The number of amides is 1. The summed E-state index contributed by atoms with van der Waals surface area (Å²) in [6, 6.07) is 12.4. The van der Waals surface area contributed by atoms with Gasteiger partial charge in [-0.15, -0.1) is 0 Å². The van der Waals surface area contributed by atoms with Gasteiger partial charge in [0.25, 0.3) is 5.91 Å². The standard InChI is InChI=1S/C21H22BNO5/c24-13-16-11-14(5-6-18(16)22(26)27)20(25)23-19-17-4-2-1-3-15(17)12-21(19)7-9-28-10-8-21/h1-6,11,13,19,26-27H,7-10,12H2,(H,23,25). The summed E-state index contributed by atoms with van der Waals surface area (Å²) in [7, 11) is -1.76. The van der Waals surface area contributed by atoms with E-state index in [4.69, 9.17) is 4.74 Å². The van der Waals surface area contributed by atoms with E-state index in [0.717, 1.165) is 24.8 Å². The van der Waals surface area contributed by atoms with Crippen LogP contribution in [0, 0.1) is 5.41 Å². The van der Waals surface area contributed by atoms with E-state index in [2.05, 4.69) is 17.4 Å². The first-order valence-corrected chi connectivity index (χ1v) is 9.46. The molecule has 2 aromatic carbocycles. The van der Waals surface area contributed by atoms with Gasteiger partial charge >= 0.3 is 7.12 Å². The van der Waals surface area contributed by atoms with Crippen LogP contribution >= 0.6 is 0 Å². The SMILES string of the molecule is O=Cc1cc(C(=O)NC2c3ccccc3CC23CCOCC3)ccc1B(O)O. The normalized spacial score (nSPS) is 19.9. The van der Waals surface area contributed by atoms with Crippen LogP contribution in [0.5, 0.6) is 0 Å². The molecule has 7 heteroatoms. The zero-order chi connectivity index (χ0) is 19.7. The smallest absolute Gasteiger partial charge is 0.423 e. The molecule has 1 spiro atoms. The fourth-order valence-corrected chi connectivity index (χ4v) is 4.53. The average Bonchev–Trinajstić information content (AvgIpc) is 3.00. The fourth-order valence-electron chi connectivity index (χ4n) is 4.53. The number of rotatable bonds is 4. The molecule has 144 valence electrons. The van der Waals surface area contributed by atoms with Crippen molar-refractivity contribution in [2.24, 2.45) is 5.41 Å². The maximum Gasteiger partial charge on any atom is 0.489 e. The van der Waals surface area contributed by atoms with Crippen LogP contribution in [0.3, 0.4) is 0 Å². The summed E-state index contributed by atoms with van der Waals surface area (Å²) in [5.74, 6) is -0.283. The van der Waals surface area contributed by atoms with Crippen molar-refractivity contribution in [3.8, 4) is 0 Å². The van der Waals surface area contributed by atoms with Gasteiger partial charge in [0.2, 0.25) is 0 Å². The molecule has 0 saturated carbocycles. The number of hydrogen-bond donors (Lipinski definition) is 3. The van der Waals surface area contributed by atoms with Gasteiger partial charge in [-0.2, -0.15) is 0 Å². The molecule has 1 heterocycles. The Kier molecular flexibility index (Phi) is 5.06. The van der Waals surface area contributed by atoms with Crippen molar-refractivity contribution in [2.45, 2.75) is 25.3 Å². The van der Waals surface area contributed by atoms with Gasteiger partial charge in [0, 0.05) is 29.8 Å². The number of carbonyl (C=O) groups is 2. The van der Waals surface area contributed by atoms with Crippen LogP contribution in [-0.4, -0.2) is 42.6 Å². The second-order valence-corrected chi connectivity index (χ2v) is 7.59. The molecule has 1 amide bonds. The minimum absolute atomic E-state index is 0.0632. The molecule has 0 aromatic heterocycles. The predicted molar refractivity (Wildman–Crippen MR) is 104 cm³/mol. The van der Waals surface area contributed by atoms with Gasteiger partial charge in [-0.3, -0.25) is 9.59 Å². The van der Waals surface area contributed by atoms with Crippen LogP contribution in [0.15, 0.2) is 42.5 Å². The summed E-state index contributed by atoms with van der Waals surface area (Å²) in [6.07, 6.45) is 3.19. The van der Waals surface area contributed by atoms with E-state index in [0.29, 0.717) is 25.1 Å². The third-order valence-corrected chi connectivity index (χ3v) is 6.04. The second kappa shape index (κ2) is 7.51. The summed E-state index contributed by atoms with van der Waals surface area (Å²) in [5, 5.41) is 21.9. The summed E-state index contributed by atoms with van der Waals surface area (Å²) >= 11 is 0. The Bertz CT molecular complexity index is 907. The predicted octanol–water partition coefficient (Wildman–Crippen LogP) is 1.00. The van der Waals surface area contributed by atoms with Crippen LogP contribution in [0.25, 0.3) is 0 Å². The van der Waals surface area contributed by atoms with Crippen molar-refractivity contribution >= 4 is 24.8 Å². The molecule has 1 fully saturated rings. The molecule has 28 heavy (non-hydrogen) atoms. The van der Waals surface area contributed by atoms with Gasteiger partial charge in [0.1, 0.15) is 6.29 Å². The van der Waals surface area contributed by atoms with Crippen molar-refractivity contribution in [1.82, 2.24) is 5.32 Å². The number of ether oxygens (including phenoxy) is 1. The molecule has 3 N–H and O–H groups in total. The highest BCUT2D eigenvalue weighted by Crippen LogP contribution is 2.51. The van der Waals surface area contributed by atoms with E-state index in [9.17, 15) is 19.6 Å². The van der Waals surface area contributed by atoms with Crippen molar-refractivity contribution < 1.29 is 24.4 Å². The van der Waals surface area contributed by atoms with Crippen LogP contribution in [0.1, 0.15) is 50.7 Å². The summed E-state index contributed by atoms with van der Waals surface area (Å²) in [5.41, 5.74) is 2.82. The first-order chi connectivity index (χ1) is 13.5. The van der Waals surface area contributed by atoms with E-state index in [1.807, 2.05) is 12.1 Å². The third kappa shape index (κ3) is 3.26. The molecule has 1 atom stereocenters. The summed E-state index contributed by atoms with van der Waals surface area (Å²) in [6.45, 7) is 1.36. The maximum absolute atomic E-state index is 13.0.